The minimum atomic E-state index is -3.07. The maximum atomic E-state index is 11.7. The lowest BCUT2D eigenvalue weighted by Gasteiger charge is -2.31. The summed E-state index contributed by atoms with van der Waals surface area (Å²) in [4.78, 5) is 4.28. The minimum Gasteiger partial charge on any atom is -0.382 e. The van der Waals surface area contributed by atoms with Crippen LogP contribution in [0.1, 0.15) is 32.3 Å². The molecule has 0 aliphatic carbocycles. The minimum absolute atomic E-state index is 0.373. The summed E-state index contributed by atoms with van der Waals surface area (Å²) in [6.07, 6.45) is 7.90. The number of hydrogen-bond acceptors (Lipinski definition) is 4. The highest BCUT2D eigenvalue weighted by atomic mass is 32.2. The molecule has 1 fully saturated rings. The van der Waals surface area contributed by atoms with Crippen molar-refractivity contribution in [3.05, 3.63) is 24.0 Å². The van der Waals surface area contributed by atoms with E-state index in [4.69, 9.17) is 0 Å². The van der Waals surface area contributed by atoms with Gasteiger partial charge in [0.1, 0.15) is 0 Å². The molecule has 1 aliphatic heterocycles. The van der Waals surface area contributed by atoms with E-state index in [1.165, 1.54) is 11.8 Å². The lowest BCUT2D eigenvalue weighted by molar-refractivity contribution is 0.266. The van der Waals surface area contributed by atoms with Crippen molar-refractivity contribution in [1.82, 2.24) is 9.29 Å². The maximum Gasteiger partial charge on any atom is 0.211 e. The molecule has 118 valence electrons. The predicted octanol–water partition coefficient (Wildman–Crippen LogP) is 2.12. The number of anilines is 1. The molecular weight excluding hydrogens is 286 g/mol. The number of rotatable bonds is 5. The Balaban J connectivity index is 2.01. The smallest absolute Gasteiger partial charge is 0.211 e. The number of piperidine rings is 1. The van der Waals surface area contributed by atoms with Gasteiger partial charge in [-0.15, -0.1) is 0 Å². The second kappa shape index (κ2) is 6.75. The fourth-order valence-corrected chi connectivity index (χ4v) is 3.78. The summed E-state index contributed by atoms with van der Waals surface area (Å²) < 4.78 is 24.9. The summed E-state index contributed by atoms with van der Waals surface area (Å²) in [5, 5.41) is 3.35. The van der Waals surface area contributed by atoms with Crippen LogP contribution in [-0.2, 0) is 16.4 Å². The van der Waals surface area contributed by atoms with Gasteiger partial charge in [-0.2, -0.15) is 0 Å². The summed E-state index contributed by atoms with van der Waals surface area (Å²) in [5.74, 6) is 0.379. The van der Waals surface area contributed by atoms with E-state index in [1.54, 1.807) is 4.31 Å². The van der Waals surface area contributed by atoms with Crippen LogP contribution in [-0.4, -0.2) is 43.1 Å². The quantitative estimate of drug-likeness (QED) is 0.905. The molecule has 0 radical (unpaired) electrons. The molecule has 1 aromatic rings. The Kier molecular flexibility index (Phi) is 5.22. The number of nitrogens with one attached hydrogen (secondary N) is 1. The van der Waals surface area contributed by atoms with E-state index in [9.17, 15) is 8.42 Å². The summed E-state index contributed by atoms with van der Waals surface area (Å²) in [7, 11) is -3.07. The third-order valence-electron chi connectivity index (χ3n) is 3.73. The van der Waals surface area contributed by atoms with Crippen molar-refractivity contribution in [2.45, 2.75) is 39.2 Å². The van der Waals surface area contributed by atoms with E-state index in [-0.39, 0.29) is 0 Å². The Labute approximate surface area is 127 Å². The van der Waals surface area contributed by atoms with Gasteiger partial charge in [0.25, 0.3) is 0 Å². The summed E-state index contributed by atoms with van der Waals surface area (Å²) in [6, 6.07) is 2.49. The fraction of sp³-hybridized carbons (Fsp3) is 0.667. The molecule has 1 N–H and O–H groups in total. The van der Waals surface area contributed by atoms with Gasteiger partial charge in [-0.25, -0.2) is 12.7 Å². The van der Waals surface area contributed by atoms with Crippen LogP contribution in [0, 0.1) is 5.92 Å². The lowest BCUT2D eigenvalue weighted by atomic mass is 9.93. The van der Waals surface area contributed by atoms with Gasteiger partial charge < -0.3 is 5.32 Å². The highest BCUT2D eigenvalue weighted by Gasteiger charge is 2.25. The average Bonchev–Trinajstić information content (AvgIpc) is 2.37. The van der Waals surface area contributed by atoms with Crippen molar-refractivity contribution in [2.75, 3.05) is 24.7 Å². The molecule has 5 nitrogen and oxygen atoms in total. The van der Waals surface area contributed by atoms with Gasteiger partial charge in [-0.05, 0) is 50.7 Å². The largest absolute Gasteiger partial charge is 0.382 e. The zero-order chi connectivity index (χ0) is 15.5. The van der Waals surface area contributed by atoms with E-state index in [1.807, 2.05) is 12.4 Å². The Hall–Kier alpha value is -1.14. The monoisotopic (exact) mass is 311 g/mol. The van der Waals surface area contributed by atoms with Crippen molar-refractivity contribution in [2.24, 2.45) is 5.92 Å². The van der Waals surface area contributed by atoms with Crippen molar-refractivity contribution in [1.29, 1.82) is 0 Å². The Morgan fingerprint density at radius 2 is 2.19 bits per heavy atom. The van der Waals surface area contributed by atoms with Gasteiger partial charge in [-0.1, -0.05) is 0 Å². The average molecular weight is 311 g/mol. The van der Waals surface area contributed by atoms with Gasteiger partial charge in [0.15, 0.2) is 0 Å². The molecule has 1 aliphatic rings. The molecule has 0 aromatic carbocycles. The molecule has 1 unspecified atom stereocenters. The van der Waals surface area contributed by atoms with Gasteiger partial charge in [0.2, 0.25) is 10.0 Å². The molecule has 1 aromatic heterocycles. The highest BCUT2D eigenvalue weighted by Crippen LogP contribution is 2.23. The van der Waals surface area contributed by atoms with E-state index >= 15 is 0 Å². The Morgan fingerprint density at radius 3 is 2.86 bits per heavy atom. The number of hydrogen-bond donors (Lipinski definition) is 1. The highest BCUT2D eigenvalue weighted by molar-refractivity contribution is 7.88. The van der Waals surface area contributed by atoms with Crippen LogP contribution in [0.2, 0.25) is 0 Å². The first-order chi connectivity index (χ1) is 9.84. The maximum absolute atomic E-state index is 11.7. The van der Waals surface area contributed by atoms with Gasteiger partial charge in [0, 0.05) is 31.5 Å². The zero-order valence-corrected chi connectivity index (χ0v) is 13.9. The Bertz CT molecular complexity index is 572. The van der Waals surface area contributed by atoms with E-state index < -0.39 is 10.0 Å². The molecule has 0 saturated carbocycles. The van der Waals surface area contributed by atoms with Crippen molar-refractivity contribution in [3.8, 4) is 0 Å². The van der Waals surface area contributed by atoms with E-state index in [2.05, 4.69) is 30.2 Å². The lowest BCUT2D eigenvalue weighted by Crippen LogP contribution is -2.39. The predicted molar refractivity (Wildman–Crippen MR) is 85.8 cm³/mol. The molecule has 1 atom stereocenters. The third kappa shape index (κ3) is 4.97. The topological polar surface area (TPSA) is 62.3 Å². The SMILES string of the molecule is CC(C)Nc1cncc(CC2CCCN(S(C)(=O)=O)C2)c1. The standard InChI is InChI=1S/C15H25N3O2S/c1-12(2)17-15-8-14(9-16-10-15)7-13-5-4-6-18(11-13)21(3,19)20/h8-10,12-13,17H,4-7,11H2,1-3H3. The molecule has 6 heteroatoms. The van der Waals surface area contributed by atoms with Gasteiger partial charge in [-0.3, -0.25) is 4.98 Å². The number of sulfonamides is 1. The molecule has 0 spiro atoms. The van der Waals surface area contributed by atoms with Crippen LogP contribution >= 0.6 is 0 Å². The summed E-state index contributed by atoms with van der Waals surface area (Å²) >= 11 is 0. The van der Waals surface area contributed by atoms with Crippen molar-refractivity contribution < 1.29 is 8.42 Å². The first-order valence-electron chi connectivity index (χ1n) is 7.50. The van der Waals surface area contributed by atoms with Crippen LogP contribution in [0.5, 0.6) is 0 Å². The van der Waals surface area contributed by atoms with E-state index in [0.717, 1.165) is 24.9 Å². The first-order valence-corrected chi connectivity index (χ1v) is 9.35. The summed E-state index contributed by atoms with van der Waals surface area (Å²) in [5.41, 5.74) is 2.19. The second-order valence-corrected chi connectivity index (χ2v) is 8.20. The molecule has 1 saturated heterocycles. The second-order valence-electron chi connectivity index (χ2n) is 6.21. The van der Waals surface area contributed by atoms with Crippen LogP contribution in [0.15, 0.2) is 18.5 Å². The number of aromatic nitrogens is 1. The normalized spacial score (nSPS) is 20.7. The van der Waals surface area contributed by atoms with E-state index in [0.29, 0.717) is 25.0 Å². The molecule has 2 rings (SSSR count). The molecule has 0 bridgehead atoms. The third-order valence-corrected chi connectivity index (χ3v) is 5.00. The molecule has 21 heavy (non-hydrogen) atoms. The van der Waals surface area contributed by atoms with Crippen molar-refractivity contribution >= 4 is 15.7 Å². The summed E-state index contributed by atoms with van der Waals surface area (Å²) in [6.45, 7) is 5.47. The molecule has 2 heterocycles. The van der Waals surface area contributed by atoms with Crippen LogP contribution in [0.4, 0.5) is 5.69 Å². The van der Waals surface area contributed by atoms with Gasteiger partial charge in [0.05, 0.1) is 11.9 Å². The van der Waals surface area contributed by atoms with Crippen molar-refractivity contribution in [3.63, 3.8) is 0 Å². The molecular formula is C15H25N3O2S. The number of pyridine rings is 1. The zero-order valence-electron chi connectivity index (χ0n) is 13.0. The van der Waals surface area contributed by atoms with Crippen LogP contribution in [0.3, 0.4) is 0 Å². The first kappa shape index (κ1) is 16.2. The fourth-order valence-electron chi connectivity index (χ4n) is 2.84. The molecule has 0 amide bonds. The van der Waals surface area contributed by atoms with Gasteiger partial charge >= 0.3 is 0 Å². The number of nitrogens with zero attached hydrogens (tertiary/aromatic N) is 2. The Morgan fingerprint density at radius 1 is 1.43 bits per heavy atom. The van der Waals surface area contributed by atoms with Crippen LogP contribution in [0.25, 0.3) is 0 Å². The van der Waals surface area contributed by atoms with Crippen LogP contribution < -0.4 is 5.32 Å².